The number of hydrogen-bond donors (Lipinski definition) is 2. The SMILES string of the molecule is Cc1ccc(NC2CCCCC2)cc1Cl.N#[NH+]. The molecular weight excluding hydrogens is 234 g/mol. The molecule has 0 aromatic heterocycles. The van der Waals surface area contributed by atoms with Crippen molar-refractivity contribution in [3.8, 4) is 0 Å². The van der Waals surface area contributed by atoms with Gasteiger partial charge in [-0.25, -0.2) is 0 Å². The Morgan fingerprint density at radius 2 is 1.88 bits per heavy atom. The Labute approximate surface area is 108 Å². The molecule has 1 aliphatic rings. The summed E-state index contributed by atoms with van der Waals surface area (Å²) in [7, 11) is 0. The zero-order valence-corrected chi connectivity index (χ0v) is 10.9. The van der Waals surface area contributed by atoms with E-state index in [0.29, 0.717) is 6.04 Å². The van der Waals surface area contributed by atoms with Crippen LogP contribution in [0.25, 0.3) is 0 Å². The van der Waals surface area contributed by atoms with E-state index in [1.165, 1.54) is 32.1 Å². The van der Waals surface area contributed by atoms with Crippen LogP contribution in [-0.4, -0.2) is 6.04 Å². The largest absolute Gasteiger partial charge is 0.382 e. The van der Waals surface area contributed by atoms with Crippen molar-refractivity contribution in [3.63, 3.8) is 0 Å². The number of nitrogens with zero attached hydrogens (tertiary/aromatic N) is 1. The van der Waals surface area contributed by atoms with Gasteiger partial charge in [0.1, 0.15) is 0 Å². The standard InChI is InChI=1S/C13H18ClN.N2/c1-10-7-8-12(9-13(10)14)15-11-5-3-2-4-6-11;1-2/h7-9,11,15H,2-6H2,1H3;/p+1. The first-order valence-corrected chi connectivity index (χ1v) is 6.38. The summed E-state index contributed by atoms with van der Waals surface area (Å²) >= 11 is 6.09. The first-order chi connectivity index (χ1) is 8.25. The fourth-order valence-corrected chi connectivity index (χ4v) is 2.35. The van der Waals surface area contributed by atoms with Crippen molar-refractivity contribution in [2.24, 2.45) is 0 Å². The minimum atomic E-state index is 0.650. The van der Waals surface area contributed by atoms with Crippen molar-refractivity contribution < 1.29 is 5.39 Å². The van der Waals surface area contributed by atoms with Gasteiger partial charge in [0.2, 0.25) is 5.39 Å². The van der Waals surface area contributed by atoms with Gasteiger partial charge in [-0.05, 0) is 37.5 Å². The number of diazo groups is 1. The Morgan fingerprint density at radius 1 is 1.24 bits per heavy atom. The van der Waals surface area contributed by atoms with E-state index in [9.17, 15) is 0 Å². The average Bonchev–Trinajstić information content (AvgIpc) is 2.38. The van der Waals surface area contributed by atoms with Crippen LogP contribution in [0.4, 0.5) is 5.69 Å². The van der Waals surface area contributed by atoms with Crippen LogP contribution in [0, 0.1) is 12.3 Å². The lowest BCUT2D eigenvalue weighted by molar-refractivity contribution is -0.175. The molecule has 0 saturated heterocycles. The topological polar surface area (TPSA) is 59.6 Å². The number of halogens is 1. The number of benzene rings is 1. The van der Waals surface area contributed by atoms with Gasteiger partial charge in [-0.1, -0.05) is 36.9 Å². The summed E-state index contributed by atoms with van der Waals surface area (Å²) in [5.41, 5.74) is 2.31. The molecule has 92 valence electrons. The lowest BCUT2D eigenvalue weighted by Crippen LogP contribution is -2.22. The van der Waals surface area contributed by atoms with E-state index in [-0.39, 0.29) is 0 Å². The molecule has 0 aliphatic heterocycles. The molecule has 1 aliphatic carbocycles. The number of hydrogen-bond acceptors (Lipinski definition) is 2. The minimum Gasteiger partial charge on any atom is -0.382 e. The Bertz CT molecular complexity index is 370. The van der Waals surface area contributed by atoms with Gasteiger partial charge in [0.15, 0.2) is 0 Å². The van der Waals surface area contributed by atoms with Crippen molar-refractivity contribution in [3.05, 3.63) is 28.8 Å². The number of anilines is 1. The Hall–Kier alpha value is -1.27. The monoisotopic (exact) mass is 252 g/mol. The van der Waals surface area contributed by atoms with Gasteiger partial charge in [0, 0.05) is 16.8 Å². The first kappa shape index (κ1) is 13.8. The summed E-state index contributed by atoms with van der Waals surface area (Å²) in [5, 5.41) is 15.4. The molecule has 2 rings (SSSR count). The highest BCUT2D eigenvalue weighted by atomic mass is 35.5. The summed E-state index contributed by atoms with van der Waals surface area (Å²) in [6, 6.07) is 6.88. The molecule has 0 unspecified atom stereocenters. The predicted molar refractivity (Wildman–Crippen MR) is 69.4 cm³/mol. The maximum absolute atomic E-state index is 6.25. The first-order valence-electron chi connectivity index (χ1n) is 6.01. The van der Waals surface area contributed by atoms with Crippen molar-refractivity contribution in [2.45, 2.75) is 45.1 Å². The second kappa shape index (κ2) is 7.13. The van der Waals surface area contributed by atoms with Crippen LogP contribution in [-0.2, 0) is 0 Å². The van der Waals surface area contributed by atoms with E-state index in [1.807, 2.05) is 13.0 Å². The molecule has 0 amide bonds. The molecule has 2 N–H and O–H groups in total. The lowest BCUT2D eigenvalue weighted by Gasteiger charge is -2.24. The molecule has 1 fully saturated rings. The molecule has 0 atom stereocenters. The molecule has 0 spiro atoms. The van der Waals surface area contributed by atoms with Gasteiger partial charge in [0.25, 0.3) is 0 Å². The van der Waals surface area contributed by atoms with Crippen LogP contribution < -0.4 is 10.7 Å². The van der Waals surface area contributed by atoms with Gasteiger partial charge in [-0.2, -0.15) is 0 Å². The fourth-order valence-electron chi connectivity index (χ4n) is 2.17. The molecule has 4 heteroatoms. The molecule has 0 radical (unpaired) electrons. The highest BCUT2D eigenvalue weighted by Crippen LogP contribution is 2.24. The second-order valence-electron chi connectivity index (χ2n) is 4.44. The van der Waals surface area contributed by atoms with E-state index < -0.39 is 0 Å². The molecule has 0 heterocycles. The predicted octanol–water partition coefficient (Wildman–Crippen LogP) is 2.67. The summed E-state index contributed by atoms with van der Waals surface area (Å²) in [4.78, 5) is 0. The fraction of sp³-hybridized carbons (Fsp3) is 0.538. The highest BCUT2D eigenvalue weighted by Gasteiger charge is 2.12. The summed E-state index contributed by atoms with van der Waals surface area (Å²) in [6.45, 7) is 2.03. The number of rotatable bonds is 2. The van der Waals surface area contributed by atoms with Crippen LogP contribution >= 0.6 is 11.6 Å². The number of aryl methyl sites for hydroxylation is 1. The molecule has 1 aromatic rings. The smallest absolute Gasteiger partial charge is 0.212 e. The van der Waals surface area contributed by atoms with Crippen LogP contribution in [0.2, 0.25) is 5.02 Å². The van der Waals surface area contributed by atoms with Crippen molar-refractivity contribution in [1.82, 2.24) is 0 Å². The van der Waals surface area contributed by atoms with E-state index in [0.717, 1.165) is 16.3 Å². The molecular formula is C13H19ClN3+. The van der Waals surface area contributed by atoms with E-state index in [4.69, 9.17) is 22.4 Å². The van der Waals surface area contributed by atoms with E-state index >= 15 is 0 Å². The lowest BCUT2D eigenvalue weighted by atomic mass is 9.95. The summed E-state index contributed by atoms with van der Waals surface area (Å²) in [6.07, 6.45) is 6.71. The summed E-state index contributed by atoms with van der Waals surface area (Å²) in [5.74, 6) is 0. The second-order valence-corrected chi connectivity index (χ2v) is 4.85. The maximum Gasteiger partial charge on any atom is 0.212 e. The third kappa shape index (κ3) is 4.24. The van der Waals surface area contributed by atoms with Gasteiger partial charge in [-0.3, -0.25) is 0 Å². The van der Waals surface area contributed by atoms with Gasteiger partial charge >= 0.3 is 0 Å². The molecule has 1 saturated carbocycles. The van der Waals surface area contributed by atoms with Crippen LogP contribution in [0.15, 0.2) is 18.2 Å². The zero-order valence-electron chi connectivity index (χ0n) is 10.2. The van der Waals surface area contributed by atoms with Gasteiger partial charge in [0.05, 0.1) is 5.39 Å². The van der Waals surface area contributed by atoms with E-state index in [2.05, 4.69) is 17.4 Å². The minimum absolute atomic E-state index is 0.650. The van der Waals surface area contributed by atoms with Crippen LogP contribution in [0.5, 0.6) is 0 Å². The zero-order chi connectivity index (χ0) is 12.7. The van der Waals surface area contributed by atoms with Crippen LogP contribution in [0.1, 0.15) is 37.7 Å². The quantitative estimate of drug-likeness (QED) is 0.795. The Kier molecular flexibility index (Phi) is 5.79. The van der Waals surface area contributed by atoms with Gasteiger partial charge in [-0.15, -0.1) is 0 Å². The van der Waals surface area contributed by atoms with E-state index in [1.54, 1.807) is 0 Å². The average molecular weight is 253 g/mol. The van der Waals surface area contributed by atoms with Crippen LogP contribution in [0.3, 0.4) is 0 Å². The summed E-state index contributed by atoms with van der Waals surface area (Å²) < 4.78 is 0. The maximum atomic E-state index is 6.25. The van der Waals surface area contributed by atoms with Crippen molar-refractivity contribution >= 4 is 17.3 Å². The van der Waals surface area contributed by atoms with Crippen molar-refractivity contribution in [1.29, 1.82) is 5.39 Å². The number of nitrogens with one attached hydrogen (secondary N) is 2. The van der Waals surface area contributed by atoms with Crippen molar-refractivity contribution in [2.75, 3.05) is 5.32 Å². The molecule has 3 nitrogen and oxygen atoms in total. The third-order valence-electron chi connectivity index (χ3n) is 3.15. The Balaban J connectivity index is 0.000000686. The molecule has 1 aromatic carbocycles. The third-order valence-corrected chi connectivity index (χ3v) is 3.55. The normalized spacial score (nSPS) is 15.8. The molecule has 17 heavy (non-hydrogen) atoms. The van der Waals surface area contributed by atoms with Gasteiger partial charge < -0.3 is 5.32 Å². The Morgan fingerprint density at radius 3 is 2.47 bits per heavy atom. The highest BCUT2D eigenvalue weighted by molar-refractivity contribution is 6.31. The molecule has 0 bridgehead atoms.